The highest BCUT2D eigenvalue weighted by Crippen LogP contribution is 2.14. The Hall–Kier alpha value is -3.21. The number of aliphatic hydroxyl groups is 2. The molecule has 0 aromatic carbocycles. The van der Waals surface area contributed by atoms with Crippen molar-refractivity contribution in [2.24, 2.45) is 0 Å². The molecule has 0 spiro atoms. The number of hydrogen-bond donors (Lipinski definition) is 3. The predicted octanol–water partition coefficient (Wildman–Crippen LogP) is 14.6. The van der Waals surface area contributed by atoms with Gasteiger partial charge in [-0.15, -0.1) is 0 Å². The Bertz CT molecular complexity index is 1150. The van der Waals surface area contributed by atoms with Crippen molar-refractivity contribution in [1.29, 1.82) is 0 Å². The quantitative estimate of drug-likeness (QED) is 0.0430. The van der Waals surface area contributed by atoms with E-state index in [4.69, 9.17) is 0 Å². The highest BCUT2D eigenvalue weighted by atomic mass is 16.3. The van der Waals surface area contributed by atoms with Gasteiger partial charge >= 0.3 is 0 Å². The lowest BCUT2D eigenvalue weighted by atomic mass is 10.0. The standard InChI is InChI=1S/C52H85NO3/c1-3-5-7-9-11-13-14-15-16-17-18-19-20-21-22-23-24-25-26-27-28-29-30-31-32-33-34-35-36-37-38-40-42-44-46-48-52(56)53-50(49-54)51(55)47-45-43-41-39-12-10-8-6-4-2/h4-7,11-13,15-16,18-19,21-22,24-25,27-28,39,45,47,50-51,54-55H,3,8-10,14,17,20,23,26,29-38,40-44,46,48-49H2,1-2H3,(H,53,56)/b6-4+,7-5-,13-11-,16-15-,19-18-,22-21-,25-24-,28-27-,39-12+,47-45+. The van der Waals surface area contributed by atoms with E-state index < -0.39 is 12.1 Å². The summed E-state index contributed by atoms with van der Waals surface area (Å²) in [5.41, 5.74) is 0. The lowest BCUT2D eigenvalue weighted by Gasteiger charge is -2.19. The Morgan fingerprint density at radius 2 is 0.821 bits per heavy atom. The molecular weight excluding hydrogens is 687 g/mol. The van der Waals surface area contributed by atoms with Crippen LogP contribution in [0.15, 0.2) is 122 Å². The fourth-order valence-electron chi connectivity index (χ4n) is 6.08. The van der Waals surface area contributed by atoms with Crippen molar-refractivity contribution in [2.45, 2.75) is 193 Å². The second-order valence-corrected chi connectivity index (χ2v) is 14.7. The molecule has 0 aliphatic carbocycles. The van der Waals surface area contributed by atoms with Crippen LogP contribution in [0.25, 0.3) is 0 Å². The van der Waals surface area contributed by atoms with Gasteiger partial charge in [0.1, 0.15) is 0 Å². The highest BCUT2D eigenvalue weighted by Gasteiger charge is 2.17. The second kappa shape index (κ2) is 46.2. The number of unbranched alkanes of at least 4 members (excludes halogenated alkanes) is 15. The van der Waals surface area contributed by atoms with Gasteiger partial charge < -0.3 is 15.5 Å². The summed E-state index contributed by atoms with van der Waals surface area (Å²) in [5.74, 6) is -0.0890. The summed E-state index contributed by atoms with van der Waals surface area (Å²) in [4.78, 5) is 12.3. The fourth-order valence-corrected chi connectivity index (χ4v) is 6.08. The number of amides is 1. The van der Waals surface area contributed by atoms with E-state index in [1.54, 1.807) is 6.08 Å². The summed E-state index contributed by atoms with van der Waals surface area (Å²) in [7, 11) is 0. The lowest BCUT2D eigenvalue weighted by molar-refractivity contribution is -0.123. The summed E-state index contributed by atoms with van der Waals surface area (Å²) in [5, 5.41) is 22.8. The number of rotatable bonds is 39. The number of aliphatic hydroxyl groups excluding tert-OH is 2. The maximum atomic E-state index is 12.3. The molecule has 0 aromatic heterocycles. The predicted molar refractivity (Wildman–Crippen MR) is 248 cm³/mol. The maximum Gasteiger partial charge on any atom is 0.220 e. The van der Waals surface area contributed by atoms with Crippen LogP contribution in [0, 0.1) is 0 Å². The molecule has 316 valence electrons. The van der Waals surface area contributed by atoms with E-state index in [-0.39, 0.29) is 12.5 Å². The Balaban J connectivity index is 3.56. The minimum Gasteiger partial charge on any atom is -0.394 e. The van der Waals surface area contributed by atoms with Crippen LogP contribution in [-0.4, -0.2) is 34.9 Å². The third-order valence-electron chi connectivity index (χ3n) is 9.50. The molecule has 0 rings (SSSR count). The van der Waals surface area contributed by atoms with Crippen LogP contribution in [0.2, 0.25) is 0 Å². The smallest absolute Gasteiger partial charge is 0.220 e. The molecule has 3 N–H and O–H groups in total. The van der Waals surface area contributed by atoms with Crippen molar-refractivity contribution >= 4 is 5.91 Å². The molecule has 0 aliphatic heterocycles. The Kier molecular flexibility index (Phi) is 43.5. The summed E-state index contributed by atoms with van der Waals surface area (Å²) in [6.07, 6.45) is 72.0. The van der Waals surface area contributed by atoms with Crippen LogP contribution < -0.4 is 5.32 Å². The molecular formula is C52H85NO3. The van der Waals surface area contributed by atoms with E-state index in [2.05, 4.69) is 122 Å². The number of carbonyl (C=O) groups excluding carboxylic acids is 1. The van der Waals surface area contributed by atoms with Crippen LogP contribution in [0.4, 0.5) is 0 Å². The molecule has 0 aliphatic rings. The molecule has 4 nitrogen and oxygen atoms in total. The molecule has 56 heavy (non-hydrogen) atoms. The first-order valence-electron chi connectivity index (χ1n) is 22.7. The zero-order valence-electron chi connectivity index (χ0n) is 36.1. The molecule has 1 amide bonds. The van der Waals surface area contributed by atoms with E-state index in [0.717, 1.165) is 83.5 Å². The molecule has 2 unspecified atom stereocenters. The Morgan fingerprint density at radius 1 is 0.464 bits per heavy atom. The van der Waals surface area contributed by atoms with E-state index in [1.165, 1.54) is 77.0 Å². The average Bonchev–Trinajstić information content (AvgIpc) is 3.20. The Morgan fingerprint density at radius 3 is 1.25 bits per heavy atom. The van der Waals surface area contributed by atoms with E-state index in [1.807, 2.05) is 13.0 Å². The van der Waals surface area contributed by atoms with Crippen molar-refractivity contribution in [3.8, 4) is 0 Å². The van der Waals surface area contributed by atoms with Gasteiger partial charge in [-0.3, -0.25) is 4.79 Å². The van der Waals surface area contributed by atoms with Crippen LogP contribution >= 0.6 is 0 Å². The largest absolute Gasteiger partial charge is 0.394 e. The molecule has 2 atom stereocenters. The van der Waals surface area contributed by atoms with Gasteiger partial charge in [-0.25, -0.2) is 0 Å². The number of hydrogen-bond acceptors (Lipinski definition) is 3. The molecule has 0 heterocycles. The molecule has 0 fully saturated rings. The van der Waals surface area contributed by atoms with Gasteiger partial charge in [0.25, 0.3) is 0 Å². The second-order valence-electron chi connectivity index (χ2n) is 14.7. The molecule has 0 saturated heterocycles. The molecule has 0 aromatic rings. The first kappa shape index (κ1) is 52.8. The van der Waals surface area contributed by atoms with Crippen LogP contribution in [0.5, 0.6) is 0 Å². The van der Waals surface area contributed by atoms with Crippen LogP contribution in [-0.2, 0) is 4.79 Å². The van der Waals surface area contributed by atoms with E-state index in [0.29, 0.717) is 6.42 Å². The zero-order valence-corrected chi connectivity index (χ0v) is 36.1. The van der Waals surface area contributed by atoms with Gasteiger partial charge in [-0.2, -0.15) is 0 Å². The van der Waals surface area contributed by atoms with Crippen molar-refractivity contribution < 1.29 is 15.0 Å². The number of carbonyl (C=O) groups is 1. The van der Waals surface area contributed by atoms with Gasteiger partial charge in [-0.1, -0.05) is 199 Å². The van der Waals surface area contributed by atoms with Gasteiger partial charge in [-0.05, 0) is 96.8 Å². The van der Waals surface area contributed by atoms with E-state index >= 15 is 0 Å². The van der Waals surface area contributed by atoms with E-state index in [9.17, 15) is 15.0 Å². The topological polar surface area (TPSA) is 69.6 Å². The van der Waals surface area contributed by atoms with Gasteiger partial charge in [0, 0.05) is 6.42 Å². The van der Waals surface area contributed by atoms with Crippen molar-refractivity contribution in [1.82, 2.24) is 5.32 Å². The minimum absolute atomic E-state index is 0.0890. The zero-order chi connectivity index (χ0) is 40.7. The minimum atomic E-state index is -0.874. The first-order chi connectivity index (χ1) is 27.7. The molecule has 4 heteroatoms. The SMILES string of the molecule is C/C=C/CC/C=C/CC/C=C/C(O)C(CO)NC(=O)CCCCCCCCCCCCCCC/C=C\C/C=C\C/C=C\C/C=C\C/C=C\C/C=C\C/C=C\CC. The summed E-state index contributed by atoms with van der Waals surface area (Å²) in [6, 6.07) is -0.651. The highest BCUT2D eigenvalue weighted by molar-refractivity contribution is 5.76. The van der Waals surface area contributed by atoms with Crippen molar-refractivity contribution in [3.05, 3.63) is 122 Å². The number of nitrogens with one attached hydrogen (secondary N) is 1. The summed E-state index contributed by atoms with van der Waals surface area (Å²) >= 11 is 0. The Labute approximate surface area is 346 Å². The lowest BCUT2D eigenvalue weighted by Crippen LogP contribution is -2.45. The first-order valence-corrected chi connectivity index (χ1v) is 22.7. The van der Waals surface area contributed by atoms with Crippen molar-refractivity contribution in [2.75, 3.05) is 6.61 Å². The van der Waals surface area contributed by atoms with Gasteiger partial charge in [0.15, 0.2) is 0 Å². The van der Waals surface area contributed by atoms with Gasteiger partial charge in [0.2, 0.25) is 5.91 Å². The molecule has 0 bridgehead atoms. The average molecular weight is 772 g/mol. The van der Waals surface area contributed by atoms with Crippen LogP contribution in [0.1, 0.15) is 181 Å². The summed E-state index contributed by atoms with van der Waals surface area (Å²) < 4.78 is 0. The fraction of sp³-hybridized carbons (Fsp3) is 0.596. The monoisotopic (exact) mass is 772 g/mol. The molecule has 0 saturated carbocycles. The number of allylic oxidation sites excluding steroid dienone is 19. The van der Waals surface area contributed by atoms with Crippen LogP contribution in [0.3, 0.4) is 0 Å². The maximum absolute atomic E-state index is 12.3. The van der Waals surface area contributed by atoms with Crippen molar-refractivity contribution in [3.63, 3.8) is 0 Å². The third kappa shape index (κ3) is 41.9. The molecule has 0 radical (unpaired) electrons. The van der Waals surface area contributed by atoms with Gasteiger partial charge in [0.05, 0.1) is 18.8 Å². The summed E-state index contributed by atoms with van der Waals surface area (Å²) in [6.45, 7) is 3.93. The third-order valence-corrected chi connectivity index (χ3v) is 9.50. The normalized spacial score (nSPS) is 14.1.